The molecule has 3 heterocycles. The number of H-pyrrole nitrogens is 1. The third-order valence-electron chi connectivity index (χ3n) is 6.15. The fraction of sp³-hybridized carbons (Fsp3) is 0.417. The van der Waals surface area contributed by atoms with E-state index in [2.05, 4.69) is 10.2 Å². The summed E-state index contributed by atoms with van der Waals surface area (Å²) in [5, 5.41) is 10.5. The molecule has 182 valence electrons. The lowest BCUT2D eigenvalue weighted by Gasteiger charge is -2.32. The number of hydrogen-bond donors (Lipinski definition) is 1. The van der Waals surface area contributed by atoms with E-state index in [1.165, 1.54) is 18.4 Å². The Morgan fingerprint density at radius 1 is 1.32 bits per heavy atom. The Kier molecular flexibility index (Phi) is 6.02. The number of sulfone groups is 1. The van der Waals surface area contributed by atoms with Crippen molar-refractivity contribution in [1.29, 1.82) is 0 Å². The first-order chi connectivity index (χ1) is 15.9. The molecule has 4 rings (SSSR count). The predicted octanol–water partition coefficient (Wildman–Crippen LogP) is 4.76. The van der Waals surface area contributed by atoms with Crippen molar-refractivity contribution in [2.45, 2.75) is 56.9 Å². The molecule has 1 aliphatic rings. The number of thiophene rings is 1. The van der Waals surface area contributed by atoms with Crippen molar-refractivity contribution in [3.8, 4) is 33.9 Å². The van der Waals surface area contributed by atoms with Gasteiger partial charge in [-0.3, -0.25) is 9.89 Å². The molecular formula is C24H29N3O5S2. The summed E-state index contributed by atoms with van der Waals surface area (Å²) in [6, 6.07) is 3.46. The summed E-state index contributed by atoms with van der Waals surface area (Å²) >= 11 is 1.49. The van der Waals surface area contributed by atoms with Gasteiger partial charge in [0.2, 0.25) is 0 Å². The average Bonchev–Trinajstić information content (AvgIpc) is 3.45. The number of carbonyl (C=O) groups excluding carboxylic acids is 1. The highest BCUT2D eigenvalue weighted by Crippen LogP contribution is 2.51. The summed E-state index contributed by atoms with van der Waals surface area (Å²) in [7, 11) is -0.509. The highest BCUT2D eigenvalue weighted by Gasteiger charge is 2.36. The number of rotatable bonds is 5. The number of aromatic amines is 1. The minimum absolute atomic E-state index is 0.0793. The lowest BCUT2D eigenvalue weighted by molar-refractivity contribution is 0.0646. The molecule has 0 fully saturated rings. The summed E-state index contributed by atoms with van der Waals surface area (Å²) in [5.74, 6) is 0.508. The number of ether oxygens (including phenoxy) is 2. The van der Waals surface area contributed by atoms with Crippen LogP contribution in [0.25, 0.3) is 22.4 Å². The van der Waals surface area contributed by atoms with E-state index in [4.69, 9.17) is 9.47 Å². The van der Waals surface area contributed by atoms with Crippen molar-refractivity contribution in [3.63, 3.8) is 0 Å². The Balaban J connectivity index is 2.00. The van der Waals surface area contributed by atoms with E-state index in [0.717, 1.165) is 5.56 Å². The smallest absolute Gasteiger partial charge is 0.274 e. The van der Waals surface area contributed by atoms with E-state index in [-0.39, 0.29) is 28.9 Å². The Morgan fingerprint density at radius 3 is 2.59 bits per heavy atom. The van der Waals surface area contributed by atoms with Crippen LogP contribution in [0.3, 0.4) is 0 Å². The van der Waals surface area contributed by atoms with Gasteiger partial charge in [-0.05, 0) is 63.1 Å². The molecule has 1 amide bonds. The zero-order valence-corrected chi connectivity index (χ0v) is 22.0. The fourth-order valence-corrected chi connectivity index (χ4v) is 5.69. The molecule has 2 aromatic heterocycles. The highest BCUT2D eigenvalue weighted by molar-refractivity contribution is 7.92. The number of aromatic nitrogens is 2. The van der Waals surface area contributed by atoms with Crippen molar-refractivity contribution in [3.05, 3.63) is 34.2 Å². The second kappa shape index (κ2) is 8.42. The van der Waals surface area contributed by atoms with Crippen LogP contribution in [0, 0.1) is 0 Å². The third-order valence-corrected chi connectivity index (χ3v) is 8.99. The molecule has 10 heteroatoms. The Labute approximate surface area is 203 Å². The average molecular weight is 504 g/mol. The van der Waals surface area contributed by atoms with Gasteiger partial charge in [0.1, 0.15) is 23.0 Å². The molecule has 0 aliphatic carbocycles. The van der Waals surface area contributed by atoms with Crippen LogP contribution in [0.4, 0.5) is 0 Å². The Morgan fingerprint density at radius 2 is 2.03 bits per heavy atom. The van der Waals surface area contributed by atoms with Gasteiger partial charge in [0, 0.05) is 23.7 Å². The second-order valence-corrected chi connectivity index (χ2v) is 12.8. The van der Waals surface area contributed by atoms with E-state index >= 15 is 0 Å². The molecule has 0 saturated heterocycles. The van der Waals surface area contributed by atoms with Crippen LogP contribution in [0.2, 0.25) is 0 Å². The quantitative estimate of drug-likeness (QED) is 0.539. The number of methoxy groups -OCH3 is 1. The summed E-state index contributed by atoms with van der Waals surface area (Å²) in [5.41, 5.74) is 2.95. The largest absolute Gasteiger partial charge is 0.495 e. The van der Waals surface area contributed by atoms with Crippen molar-refractivity contribution in [1.82, 2.24) is 15.1 Å². The van der Waals surface area contributed by atoms with Gasteiger partial charge in [-0.25, -0.2) is 8.42 Å². The normalized spacial score (nSPS) is 13.3. The third kappa shape index (κ3) is 3.78. The van der Waals surface area contributed by atoms with Crippen LogP contribution in [0.5, 0.6) is 11.5 Å². The summed E-state index contributed by atoms with van der Waals surface area (Å²) < 4.78 is 38.5. The monoisotopic (exact) mass is 503 g/mol. The van der Waals surface area contributed by atoms with E-state index in [1.54, 1.807) is 31.9 Å². The summed E-state index contributed by atoms with van der Waals surface area (Å²) in [6.45, 7) is 9.22. The zero-order chi connectivity index (χ0) is 25.0. The maximum Gasteiger partial charge on any atom is 0.274 e. The Hall–Kier alpha value is -2.85. The van der Waals surface area contributed by atoms with Gasteiger partial charge < -0.3 is 14.4 Å². The van der Waals surface area contributed by atoms with E-state index < -0.39 is 20.6 Å². The molecule has 0 bridgehead atoms. The minimum Gasteiger partial charge on any atom is -0.495 e. The molecule has 8 nitrogen and oxygen atoms in total. The van der Waals surface area contributed by atoms with E-state index in [0.29, 0.717) is 28.1 Å². The lowest BCUT2D eigenvalue weighted by atomic mass is 9.96. The molecule has 1 N–H and O–H groups in total. The van der Waals surface area contributed by atoms with Crippen LogP contribution >= 0.6 is 11.3 Å². The van der Waals surface area contributed by atoms with Crippen LogP contribution in [-0.4, -0.2) is 54.4 Å². The first-order valence-electron chi connectivity index (χ1n) is 10.9. The molecule has 3 aromatic rings. The maximum absolute atomic E-state index is 13.3. The predicted molar refractivity (Wildman–Crippen MR) is 132 cm³/mol. The number of fused-ring (bicyclic) bond motifs is 3. The number of amides is 1. The summed E-state index contributed by atoms with van der Waals surface area (Å²) in [4.78, 5) is 14.9. The number of nitrogens with one attached hydrogen (secondary N) is 1. The molecule has 0 atom stereocenters. The fourth-order valence-electron chi connectivity index (χ4n) is 3.81. The van der Waals surface area contributed by atoms with Crippen molar-refractivity contribution in [2.24, 2.45) is 0 Å². The van der Waals surface area contributed by atoms with Crippen molar-refractivity contribution in [2.75, 3.05) is 14.2 Å². The molecule has 1 aliphatic heterocycles. The molecule has 0 radical (unpaired) electrons. The van der Waals surface area contributed by atoms with Crippen molar-refractivity contribution < 1.29 is 22.7 Å². The standard InChI is InChI=1S/C24H29N3O5S2/c1-13(2)34(29,30)17-10-15-19-16(20(26-25-19)23(28)27(6)24(3,4)5)11-32-21(15)18(22(17)31-7)14-8-9-33-12-14/h8-10,12-13H,11H2,1-7H3,(H,25,26). The highest BCUT2D eigenvalue weighted by atomic mass is 32.2. The van der Waals surface area contributed by atoms with Gasteiger partial charge in [-0.1, -0.05) is 0 Å². The van der Waals surface area contributed by atoms with Crippen molar-refractivity contribution >= 4 is 27.1 Å². The van der Waals surface area contributed by atoms with Gasteiger partial charge in [0.15, 0.2) is 15.5 Å². The van der Waals surface area contributed by atoms with Gasteiger partial charge in [0.05, 0.1) is 23.6 Å². The minimum atomic E-state index is -3.70. The number of nitrogens with zero attached hydrogens (tertiary/aromatic N) is 2. The number of hydrogen-bond acceptors (Lipinski definition) is 7. The zero-order valence-electron chi connectivity index (χ0n) is 20.3. The van der Waals surface area contributed by atoms with Gasteiger partial charge >= 0.3 is 0 Å². The molecule has 0 spiro atoms. The molecule has 0 unspecified atom stereocenters. The first-order valence-corrected chi connectivity index (χ1v) is 13.4. The van der Waals surface area contributed by atoms with Gasteiger partial charge in [0.25, 0.3) is 5.91 Å². The molecular weight excluding hydrogens is 474 g/mol. The van der Waals surface area contributed by atoms with E-state index in [9.17, 15) is 13.2 Å². The Bertz CT molecular complexity index is 1350. The number of benzene rings is 1. The lowest BCUT2D eigenvalue weighted by Crippen LogP contribution is -2.43. The summed E-state index contributed by atoms with van der Waals surface area (Å²) in [6.07, 6.45) is 0. The van der Waals surface area contributed by atoms with Crippen LogP contribution in [0.1, 0.15) is 50.7 Å². The van der Waals surface area contributed by atoms with Crippen LogP contribution < -0.4 is 9.47 Å². The molecule has 1 aromatic carbocycles. The van der Waals surface area contributed by atoms with Crippen LogP contribution in [-0.2, 0) is 16.4 Å². The van der Waals surface area contributed by atoms with Gasteiger partial charge in [-0.15, -0.1) is 0 Å². The first kappa shape index (κ1) is 24.3. The van der Waals surface area contributed by atoms with E-state index in [1.807, 2.05) is 37.6 Å². The second-order valence-electron chi connectivity index (χ2n) is 9.51. The topological polar surface area (TPSA) is 102 Å². The van der Waals surface area contributed by atoms with Gasteiger partial charge in [-0.2, -0.15) is 16.4 Å². The SMILES string of the molecule is COc1c(S(=O)(=O)C(C)C)cc2c(c1-c1ccsc1)OCc1c(C(=O)N(C)C(C)(C)C)n[nH]c1-2. The molecule has 34 heavy (non-hydrogen) atoms. The number of carbonyl (C=O) groups is 1. The molecule has 0 saturated carbocycles. The maximum atomic E-state index is 13.3. The van der Waals surface area contributed by atoms with Crippen LogP contribution in [0.15, 0.2) is 27.8 Å².